The molecular weight excluding hydrogens is 406 g/mol. The molecular formula is C19H25N7OS2. The van der Waals surface area contributed by atoms with Crippen LogP contribution < -0.4 is 16.2 Å². The van der Waals surface area contributed by atoms with Crippen LogP contribution in [0.15, 0.2) is 9.95 Å². The minimum atomic E-state index is 0.0791. The summed E-state index contributed by atoms with van der Waals surface area (Å²) in [4.78, 5) is 34.9. The van der Waals surface area contributed by atoms with E-state index in [0.717, 1.165) is 51.5 Å². The lowest BCUT2D eigenvalue weighted by molar-refractivity contribution is 0.458. The van der Waals surface area contributed by atoms with Crippen LogP contribution in [0, 0.1) is 13.8 Å². The minimum absolute atomic E-state index is 0.0791. The molecule has 0 radical (unpaired) electrons. The Balaban J connectivity index is 1.75. The van der Waals surface area contributed by atoms with Gasteiger partial charge in [0.05, 0.1) is 11.1 Å². The lowest BCUT2D eigenvalue weighted by atomic mass is 10.2. The SMILES string of the molecule is Cc1sc2nc(SCc3nc(N)nc(N(C)C)n3)n(C3CCCC3)c(=O)c2c1C. The molecule has 4 rings (SSSR count). The van der Waals surface area contributed by atoms with Gasteiger partial charge in [0.2, 0.25) is 11.9 Å². The van der Waals surface area contributed by atoms with Gasteiger partial charge in [0.15, 0.2) is 5.16 Å². The number of nitrogen functional groups attached to an aromatic ring is 1. The third-order valence-corrected chi connectivity index (χ3v) is 7.36. The van der Waals surface area contributed by atoms with Crippen molar-refractivity contribution in [1.29, 1.82) is 0 Å². The number of anilines is 2. The normalized spacial score (nSPS) is 14.8. The van der Waals surface area contributed by atoms with Crippen LogP contribution in [0.2, 0.25) is 0 Å². The Labute approximate surface area is 177 Å². The van der Waals surface area contributed by atoms with E-state index in [1.54, 1.807) is 16.2 Å². The molecule has 0 amide bonds. The molecule has 1 aliphatic rings. The highest BCUT2D eigenvalue weighted by molar-refractivity contribution is 7.98. The van der Waals surface area contributed by atoms with E-state index in [0.29, 0.717) is 17.5 Å². The van der Waals surface area contributed by atoms with Crippen LogP contribution in [-0.4, -0.2) is 38.6 Å². The molecule has 2 N–H and O–H groups in total. The van der Waals surface area contributed by atoms with Crippen molar-refractivity contribution in [3.63, 3.8) is 0 Å². The second kappa shape index (κ2) is 7.91. The van der Waals surface area contributed by atoms with Crippen molar-refractivity contribution in [2.75, 3.05) is 24.7 Å². The number of aromatic nitrogens is 5. The predicted octanol–water partition coefficient (Wildman–Crippen LogP) is 3.32. The Hall–Kier alpha value is -2.20. The fourth-order valence-corrected chi connectivity index (χ4v) is 5.68. The number of rotatable bonds is 5. The summed E-state index contributed by atoms with van der Waals surface area (Å²) in [5.74, 6) is 1.77. The van der Waals surface area contributed by atoms with Gasteiger partial charge in [-0.1, -0.05) is 24.6 Å². The molecule has 3 aromatic rings. The first-order valence-corrected chi connectivity index (χ1v) is 11.5. The summed E-state index contributed by atoms with van der Waals surface area (Å²) in [5.41, 5.74) is 6.97. The average molecular weight is 432 g/mol. The fraction of sp³-hybridized carbons (Fsp3) is 0.526. The summed E-state index contributed by atoms with van der Waals surface area (Å²) in [6, 6.07) is 0.210. The molecule has 0 aliphatic heterocycles. The summed E-state index contributed by atoms with van der Waals surface area (Å²) < 4.78 is 1.91. The molecule has 0 unspecified atom stereocenters. The quantitative estimate of drug-likeness (QED) is 0.485. The first kappa shape index (κ1) is 20.1. The number of hydrogen-bond donors (Lipinski definition) is 1. The Bertz CT molecular complexity index is 1120. The standard InChI is InChI=1S/C19H25N7OS2/c1-10-11(2)29-15-14(10)16(27)26(12-7-5-6-8-12)19(23-15)28-9-13-21-17(20)24-18(22-13)25(3)4/h12H,5-9H2,1-4H3,(H2,20,21,22,24). The Morgan fingerprint density at radius 1 is 1.17 bits per heavy atom. The number of aryl methyl sites for hydroxylation is 2. The molecule has 154 valence electrons. The largest absolute Gasteiger partial charge is 0.368 e. The van der Waals surface area contributed by atoms with E-state index < -0.39 is 0 Å². The van der Waals surface area contributed by atoms with Crippen LogP contribution >= 0.6 is 23.1 Å². The lowest BCUT2D eigenvalue weighted by Gasteiger charge is -2.18. The second-order valence-electron chi connectivity index (χ2n) is 7.56. The molecule has 1 saturated carbocycles. The van der Waals surface area contributed by atoms with Crippen LogP contribution in [0.5, 0.6) is 0 Å². The maximum Gasteiger partial charge on any atom is 0.263 e. The highest BCUT2D eigenvalue weighted by atomic mass is 32.2. The van der Waals surface area contributed by atoms with Crippen LogP contribution in [0.1, 0.15) is 48.0 Å². The van der Waals surface area contributed by atoms with Gasteiger partial charge in [-0.25, -0.2) is 4.98 Å². The van der Waals surface area contributed by atoms with Crippen molar-refractivity contribution >= 4 is 45.2 Å². The van der Waals surface area contributed by atoms with E-state index in [2.05, 4.69) is 15.0 Å². The van der Waals surface area contributed by atoms with E-state index in [-0.39, 0.29) is 17.5 Å². The Morgan fingerprint density at radius 3 is 2.59 bits per heavy atom. The maximum absolute atomic E-state index is 13.4. The monoisotopic (exact) mass is 431 g/mol. The minimum Gasteiger partial charge on any atom is -0.368 e. The zero-order chi connectivity index (χ0) is 20.7. The van der Waals surface area contributed by atoms with Gasteiger partial charge in [-0.3, -0.25) is 9.36 Å². The number of thioether (sulfide) groups is 1. The molecule has 0 aromatic carbocycles. The summed E-state index contributed by atoms with van der Waals surface area (Å²) in [6.07, 6.45) is 4.34. The fourth-order valence-electron chi connectivity index (χ4n) is 3.69. The molecule has 3 aromatic heterocycles. The zero-order valence-corrected chi connectivity index (χ0v) is 18.7. The maximum atomic E-state index is 13.4. The summed E-state index contributed by atoms with van der Waals surface area (Å²) in [6.45, 7) is 4.06. The molecule has 0 saturated heterocycles. The van der Waals surface area contributed by atoms with Gasteiger partial charge in [0.1, 0.15) is 10.7 Å². The predicted molar refractivity (Wildman–Crippen MR) is 119 cm³/mol. The van der Waals surface area contributed by atoms with Crippen molar-refractivity contribution in [2.45, 2.75) is 56.5 Å². The van der Waals surface area contributed by atoms with E-state index in [1.165, 1.54) is 11.8 Å². The second-order valence-corrected chi connectivity index (χ2v) is 9.71. The van der Waals surface area contributed by atoms with Crippen molar-refractivity contribution in [3.8, 4) is 0 Å². The van der Waals surface area contributed by atoms with Crippen molar-refractivity contribution in [2.24, 2.45) is 0 Å². The van der Waals surface area contributed by atoms with Gasteiger partial charge in [0, 0.05) is 25.0 Å². The van der Waals surface area contributed by atoms with Crippen LogP contribution in [0.25, 0.3) is 10.2 Å². The molecule has 0 atom stereocenters. The summed E-state index contributed by atoms with van der Waals surface area (Å²) in [7, 11) is 3.72. The van der Waals surface area contributed by atoms with E-state index in [4.69, 9.17) is 10.7 Å². The van der Waals surface area contributed by atoms with Crippen LogP contribution in [0.3, 0.4) is 0 Å². The summed E-state index contributed by atoms with van der Waals surface area (Å²) in [5, 5.41) is 1.50. The Kier molecular flexibility index (Phi) is 5.48. The van der Waals surface area contributed by atoms with Crippen LogP contribution in [-0.2, 0) is 5.75 Å². The number of thiophene rings is 1. The zero-order valence-electron chi connectivity index (χ0n) is 17.1. The van der Waals surface area contributed by atoms with Gasteiger partial charge in [-0.15, -0.1) is 11.3 Å². The van der Waals surface area contributed by atoms with Crippen molar-refractivity contribution in [1.82, 2.24) is 24.5 Å². The van der Waals surface area contributed by atoms with Crippen molar-refractivity contribution < 1.29 is 0 Å². The Morgan fingerprint density at radius 2 is 1.90 bits per heavy atom. The first-order valence-electron chi connectivity index (χ1n) is 9.68. The molecule has 0 spiro atoms. The van der Waals surface area contributed by atoms with Gasteiger partial charge in [0.25, 0.3) is 5.56 Å². The highest BCUT2D eigenvalue weighted by Gasteiger charge is 2.25. The van der Waals surface area contributed by atoms with E-state index >= 15 is 0 Å². The van der Waals surface area contributed by atoms with Gasteiger partial charge in [-0.2, -0.15) is 15.0 Å². The third-order valence-electron chi connectivity index (χ3n) is 5.31. The molecule has 1 fully saturated rings. The molecule has 8 nitrogen and oxygen atoms in total. The smallest absolute Gasteiger partial charge is 0.263 e. The molecule has 0 bridgehead atoms. The van der Waals surface area contributed by atoms with E-state index in [9.17, 15) is 4.79 Å². The number of fused-ring (bicyclic) bond motifs is 1. The van der Waals surface area contributed by atoms with Crippen LogP contribution in [0.4, 0.5) is 11.9 Å². The van der Waals surface area contributed by atoms with Gasteiger partial charge >= 0.3 is 0 Å². The third kappa shape index (κ3) is 3.83. The number of hydrogen-bond acceptors (Lipinski definition) is 9. The average Bonchev–Trinajstić information content (AvgIpc) is 3.28. The van der Waals surface area contributed by atoms with E-state index in [1.807, 2.05) is 32.5 Å². The summed E-state index contributed by atoms with van der Waals surface area (Å²) >= 11 is 3.08. The molecule has 10 heteroatoms. The lowest BCUT2D eigenvalue weighted by Crippen LogP contribution is -2.26. The van der Waals surface area contributed by atoms with Gasteiger partial charge < -0.3 is 10.6 Å². The molecule has 29 heavy (non-hydrogen) atoms. The van der Waals surface area contributed by atoms with Crippen molar-refractivity contribution in [3.05, 3.63) is 26.6 Å². The first-order chi connectivity index (χ1) is 13.8. The highest BCUT2D eigenvalue weighted by Crippen LogP contribution is 2.35. The topological polar surface area (TPSA) is 103 Å². The van der Waals surface area contributed by atoms with Gasteiger partial charge in [-0.05, 0) is 32.3 Å². The molecule has 3 heterocycles. The number of nitrogens with two attached hydrogens (primary N) is 1. The number of nitrogens with zero attached hydrogens (tertiary/aromatic N) is 6. The molecule has 1 aliphatic carbocycles.